The van der Waals surface area contributed by atoms with Crippen molar-refractivity contribution in [1.82, 2.24) is 15.3 Å². The highest BCUT2D eigenvalue weighted by atomic mass is 32.1. The molecule has 0 radical (unpaired) electrons. The minimum Gasteiger partial charge on any atom is -0.363 e. The summed E-state index contributed by atoms with van der Waals surface area (Å²) in [6, 6.07) is 18.6. The molecule has 0 unspecified atom stereocenters. The molecule has 1 fully saturated rings. The van der Waals surface area contributed by atoms with E-state index in [1.807, 2.05) is 36.7 Å². The molecule has 0 aliphatic carbocycles. The molecule has 0 spiro atoms. The molecule has 4 rings (SSSR count). The van der Waals surface area contributed by atoms with E-state index in [4.69, 9.17) is 12.2 Å². The van der Waals surface area contributed by atoms with Gasteiger partial charge in [0.25, 0.3) is 0 Å². The van der Waals surface area contributed by atoms with E-state index >= 15 is 0 Å². The SMILES string of the molecule is Cc1ccc(N2C(=S)N[C@H](c3ccccn3)[C@@H]2c2ccc[nH]2)cc1. The van der Waals surface area contributed by atoms with E-state index in [1.54, 1.807) is 0 Å². The van der Waals surface area contributed by atoms with Crippen molar-refractivity contribution >= 4 is 23.0 Å². The molecular formula is C19H18N4S. The third kappa shape index (κ3) is 2.57. The quantitative estimate of drug-likeness (QED) is 0.713. The van der Waals surface area contributed by atoms with E-state index in [-0.39, 0.29) is 12.1 Å². The first kappa shape index (κ1) is 14.9. The maximum absolute atomic E-state index is 5.66. The molecule has 1 aliphatic heterocycles. The molecule has 4 nitrogen and oxygen atoms in total. The first-order valence-corrected chi connectivity index (χ1v) is 8.35. The van der Waals surface area contributed by atoms with Gasteiger partial charge in [-0.3, -0.25) is 4.98 Å². The Hall–Kier alpha value is -2.66. The first-order chi connectivity index (χ1) is 11.7. The second kappa shape index (κ2) is 6.09. The molecular weight excluding hydrogens is 316 g/mol. The standard InChI is InChI=1S/C19H18N4S/c1-13-7-9-14(10-8-13)23-18(16-6-4-12-21-16)17(22-19(23)24)15-5-2-3-11-20-15/h2-12,17-18,21H,1H3,(H,22,24)/t17-,18+/m1/s1. The summed E-state index contributed by atoms with van der Waals surface area (Å²) in [5.41, 5.74) is 4.40. The Morgan fingerprint density at radius 2 is 1.88 bits per heavy atom. The summed E-state index contributed by atoms with van der Waals surface area (Å²) in [6.45, 7) is 2.09. The van der Waals surface area contributed by atoms with Gasteiger partial charge in [-0.2, -0.15) is 0 Å². The summed E-state index contributed by atoms with van der Waals surface area (Å²) in [6.07, 6.45) is 3.76. The Balaban J connectivity index is 1.80. The largest absolute Gasteiger partial charge is 0.363 e. The molecule has 1 aliphatic rings. The molecule has 1 aromatic carbocycles. The van der Waals surface area contributed by atoms with Gasteiger partial charge in [0.05, 0.1) is 11.7 Å². The van der Waals surface area contributed by atoms with Crippen LogP contribution in [0.4, 0.5) is 5.69 Å². The van der Waals surface area contributed by atoms with Gasteiger partial charge in [0, 0.05) is 23.8 Å². The number of aromatic amines is 1. The van der Waals surface area contributed by atoms with Gasteiger partial charge < -0.3 is 15.2 Å². The Labute approximate surface area is 146 Å². The maximum Gasteiger partial charge on any atom is 0.174 e. The molecule has 2 N–H and O–H groups in total. The van der Waals surface area contributed by atoms with Crippen LogP contribution in [-0.4, -0.2) is 15.1 Å². The zero-order chi connectivity index (χ0) is 16.5. The van der Waals surface area contributed by atoms with Crippen molar-refractivity contribution in [1.29, 1.82) is 0 Å². The van der Waals surface area contributed by atoms with Crippen molar-refractivity contribution in [2.75, 3.05) is 4.90 Å². The van der Waals surface area contributed by atoms with Gasteiger partial charge >= 0.3 is 0 Å². The van der Waals surface area contributed by atoms with Gasteiger partial charge in [-0.05, 0) is 55.5 Å². The summed E-state index contributed by atoms with van der Waals surface area (Å²) in [5.74, 6) is 0. The average molecular weight is 334 g/mol. The smallest absolute Gasteiger partial charge is 0.174 e. The van der Waals surface area contributed by atoms with Gasteiger partial charge in [0.15, 0.2) is 5.11 Å². The topological polar surface area (TPSA) is 44.0 Å². The summed E-state index contributed by atoms with van der Waals surface area (Å²) in [4.78, 5) is 10.0. The van der Waals surface area contributed by atoms with Crippen molar-refractivity contribution in [3.05, 3.63) is 83.9 Å². The van der Waals surface area contributed by atoms with E-state index in [2.05, 4.69) is 57.4 Å². The number of anilines is 1. The third-order valence-electron chi connectivity index (χ3n) is 4.35. The molecule has 0 saturated carbocycles. The highest BCUT2D eigenvalue weighted by Gasteiger charge is 2.41. The van der Waals surface area contributed by atoms with Crippen molar-refractivity contribution in [2.24, 2.45) is 0 Å². The number of thiocarbonyl (C=S) groups is 1. The maximum atomic E-state index is 5.66. The van der Waals surface area contributed by atoms with Crippen LogP contribution < -0.4 is 10.2 Å². The molecule has 0 amide bonds. The van der Waals surface area contributed by atoms with Crippen LogP contribution in [0, 0.1) is 6.92 Å². The monoisotopic (exact) mass is 334 g/mol. The van der Waals surface area contributed by atoms with Crippen LogP contribution in [0.25, 0.3) is 0 Å². The van der Waals surface area contributed by atoms with Crippen LogP contribution in [0.5, 0.6) is 0 Å². The molecule has 5 heteroatoms. The Morgan fingerprint density at radius 1 is 1.04 bits per heavy atom. The van der Waals surface area contributed by atoms with Crippen LogP contribution in [0.3, 0.4) is 0 Å². The number of rotatable bonds is 3. The number of hydrogen-bond acceptors (Lipinski definition) is 2. The molecule has 3 aromatic rings. The van der Waals surface area contributed by atoms with Crippen LogP contribution in [0.2, 0.25) is 0 Å². The predicted octanol–water partition coefficient (Wildman–Crippen LogP) is 3.90. The lowest BCUT2D eigenvalue weighted by Gasteiger charge is -2.27. The fourth-order valence-corrected chi connectivity index (χ4v) is 3.53. The fraction of sp³-hybridized carbons (Fsp3) is 0.158. The van der Waals surface area contributed by atoms with Crippen molar-refractivity contribution in [2.45, 2.75) is 19.0 Å². The Bertz CT molecular complexity index is 828. The van der Waals surface area contributed by atoms with E-state index in [0.29, 0.717) is 5.11 Å². The number of pyridine rings is 1. The van der Waals surface area contributed by atoms with Crippen LogP contribution in [0.1, 0.15) is 29.0 Å². The van der Waals surface area contributed by atoms with Crippen molar-refractivity contribution < 1.29 is 0 Å². The lowest BCUT2D eigenvalue weighted by Crippen LogP contribution is -2.29. The van der Waals surface area contributed by atoms with Crippen LogP contribution in [0.15, 0.2) is 67.0 Å². The number of H-pyrrole nitrogens is 1. The number of hydrogen-bond donors (Lipinski definition) is 2. The van der Waals surface area contributed by atoms with Crippen LogP contribution >= 0.6 is 12.2 Å². The molecule has 3 heterocycles. The zero-order valence-corrected chi connectivity index (χ0v) is 14.1. The average Bonchev–Trinajstić information content (AvgIpc) is 3.24. The van der Waals surface area contributed by atoms with Crippen LogP contribution in [-0.2, 0) is 0 Å². The Morgan fingerprint density at radius 3 is 2.54 bits per heavy atom. The second-order valence-electron chi connectivity index (χ2n) is 5.96. The summed E-state index contributed by atoms with van der Waals surface area (Å²) in [7, 11) is 0. The van der Waals surface area contributed by atoms with Gasteiger partial charge in [0.1, 0.15) is 6.04 Å². The molecule has 120 valence electrons. The Kier molecular flexibility index (Phi) is 3.78. The molecule has 2 aromatic heterocycles. The number of aryl methyl sites for hydroxylation is 1. The molecule has 1 saturated heterocycles. The summed E-state index contributed by atoms with van der Waals surface area (Å²) < 4.78 is 0. The normalized spacial score (nSPS) is 20.2. The fourth-order valence-electron chi connectivity index (χ4n) is 3.18. The van der Waals surface area contributed by atoms with E-state index in [1.165, 1.54) is 5.56 Å². The number of benzene rings is 1. The zero-order valence-electron chi connectivity index (χ0n) is 13.3. The minimum atomic E-state index is -0.00125. The predicted molar refractivity (Wildman–Crippen MR) is 99.9 cm³/mol. The van der Waals surface area contributed by atoms with E-state index in [9.17, 15) is 0 Å². The lowest BCUT2D eigenvalue weighted by molar-refractivity contribution is 0.558. The van der Waals surface area contributed by atoms with Gasteiger partial charge in [-0.15, -0.1) is 0 Å². The highest BCUT2D eigenvalue weighted by Crippen LogP contribution is 2.40. The van der Waals surface area contributed by atoms with Gasteiger partial charge in [-0.1, -0.05) is 23.8 Å². The van der Waals surface area contributed by atoms with Crippen molar-refractivity contribution in [3.8, 4) is 0 Å². The number of nitrogens with one attached hydrogen (secondary N) is 2. The first-order valence-electron chi connectivity index (χ1n) is 7.94. The molecule has 2 atom stereocenters. The van der Waals surface area contributed by atoms with Gasteiger partial charge in [0.2, 0.25) is 0 Å². The summed E-state index contributed by atoms with van der Waals surface area (Å²) >= 11 is 5.66. The van der Waals surface area contributed by atoms with E-state index < -0.39 is 0 Å². The van der Waals surface area contributed by atoms with Crippen molar-refractivity contribution in [3.63, 3.8) is 0 Å². The molecule has 24 heavy (non-hydrogen) atoms. The lowest BCUT2D eigenvalue weighted by atomic mass is 10.0. The highest BCUT2D eigenvalue weighted by molar-refractivity contribution is 7.80. The third-order valence-corrected chi connectivity index (χ3v) is 4.67. The molecule has 0 bridgehead atoms. The van der Waals surface area contributed by atoms with Gasteiger partial charge in [-0.25, -0.2) is 0 Å². The number of nitrogens with zero attached hydrogens (tertiary/aromatic N) is 2. The second-order valence-corrected chi connectivity index (χ2v) is 6.34. The number of aromatic nitrogens is 2. The van der Waals surface area contributed by atoms with E-state index in [0.717, 1.165) is 17.1 Å². The summed E-state index contributed by atoms with van der Waals surface area (Å²) in [5, 5.41) is 4.16. The minimum absolute atomic E-state index is 0.00125.